The molecule has 1 heterocycles. The largest absolute Gasteiger partial charge is 0.496 e. The first-order valence-electron chi connectivity index (χ1n) is 9.80. The van der Waals surface area contributed by atoms with Crippen LogP contribution in [-0.4, -0.2) is 32.1 Å². The topological polar surface area (TPSA) is 83.4 Å². The third-order valence-electron chi connectivity index (χ3n) is 4.73. The number of methoxy groups -OCH3 is 2. The summed E-state index contributed by atoms with van der Waals surface area (Å²) in [5, 5.41) is 0. The predicted octanol–water partition coefficient (Wildman–Crippen LogP) is 4.41. The monoisotopic (exact) mass is 447 g/mol. The van der Waals surface area contributed by atoms with E-state index in [2.05, 4.69) is 4.99 Å². The Kier molecular flexibility index (Phi) is 6.17. The zero-order valence-electron chi connectivity index (χ0n) is 17.7. The van der Waals surface area contributed by atoms with E-state index in [1.54, 1.807) is 42.5 Å². The molecule has 0 atom stereocenters. The average molecular weight is 447 g/mol. The van der Waals surface area contributed by atoms with E-state index >= 15 is 0 Å². The zero-order valence-corrected chi connectivity index (χ0v) is 17.7. The predicted molar refractivity (Wildman–Crippen MR) is 118 cm³/mol. The summed E-state index contributed by atoms with van der Waals surface area (Å²) < 4.78 is 34.3. The summed E-state index contributed by atoms with van der Waals surface area (Å²) in [6.07, 6.45) is 1.51. The van der Waals surface area contributed by atoms with Crippen LogP contribution in [0.15, 0.2) is 77.4 Å². The van der Waals surface area contributed by atoms with Crippen LogP contribution in [0.4, 0.5) is 4.39 Å². The summed E-state index contributed by atoms with van der Waals surface area (Å²) in [5.74, 6) is -0.706. The molecule has 3 aromatic carbocycles. The Hall–Kier alpha value is -4.46. The third-order valence-corrected chi connectivity index (χ3v) is 4.73. The standard InChI is InChI=1S/C25H18FNO6/c1-30-20-6-4-3-5-18(20)24(28)32-21-12-7-15(14-22(21)31-2)13-19-25(29)33-23(27-19)16-8-10-17(26)11-9-16/h3-14H,1-2H3/b19-13+. The van der Waals surface area contributed by atoms with E-state index in [1.807, 2.05) is 0 Å². The number of halogens is 1. The first-order chi connectivity index (χ1) is 16.0. The van der Waals surface area contributed by atoms with Gasteiger partial charge in [-0.2, -0.15) is 0 Å². The number of esters is 2. The summed E-state index contributed by atoms with van der Waals surface area (Å²) in [4.78, 5) is 29.0. The van der Waals surface area contributed by atoms with E-state index < -0.39 is 17.8 Å². The molecule has 0 N–H and O–H groups in total. The van der Waals surface area contributed by atoms with Crippen molar-refractivity contribution in [2.75, 3.05) is 14.2 Å². The minimum atomic E-state index is -0.639. The molecule has 1 aliphatic rings. The van der Waals surface area contributed by atoms with Gasteiger partial charge in [-0.25, -0.2) is 19.0 Å². The van der Waals surface area contributed by atoms with Gasteiger partial charge in [-0.3, -0.25) is 0 Å². The highest BCUT2D eigenvalue weighted by Gasteiger charge is 2.24. The molecule has 0 saturated carbocycles. The minimum absolute atomic E-state index is 0.0649. The first kappa shape index (κ1) is 21.8. The van der Waals surface area contributed by atoms with Crippen LogP contribution in [-0.2, 0) is 9.53 Å². The molecule has 0 aromatic heterocycles. The molecule has 0 fully saturated rings. The quantitative estimate of drug-likeness (QED) is 0.316. The molecule has 0 unspecified atom stereocenters. The molecule has 0 bridgehead atoms. The molecule has 7 nitrogen and oxygen atoms in total. The van der Waals surface area contributed by atoms with Crippen LogP contribution in [0.2, 0.25) is 0 Å². The summed E-state index contributed by atoms with van der Waals surface area (Å²) >= 11 is 0. The van der Waals surface area contributed by atoms with Gasteiger partial charge in [0.2, 0.25) is 5.90 Å². The second-order valence-corrected chi connectivity index (χ2v) is 6.84. The van der Waals surface area contributed by atoms with E-state index in [-0.39, 0.29) is 28.7 Å². The highest BCUT2D eigenvalue weighted by atomic mass is 19.1. The smallest absolute Gasteiger partial charge is 0.363 e. The zero-order chi connectivity index (χ0) is 23.4. The van der Waals surface area contributed by atoms with Crippen LogP contribution in [0, 0.1) is 5.82 Å². The molecular weight excluding hydrogens is 429 g/mol. The van der Waals surface area contributed by atoms with Gasteiger partial charge >= 0.3 is 11.9 Å². The number of para-hydroxylation sites is 1. The van der Waals surface area contributed by atoms with Crippen molar-refractivity contribution >= 4 is 23.9 Å². The molecule has 4 rings (SSSR count). The van der Waals surface area contributed by atoms with Gasteiger partial charge in [0, 0.05) is 5.56 Å². The number of rotatable bonds is 6. The van der Waals surface area contributed by atoms with Gasteiger partial charge < -0.3 is 18.9 Å². The number of benzene rings is 3. The second-order valence-electron chi connectivity index (χ2n) is 6.84. The lowest BCUT2D eigenvalue weighted by Gasteiger charge is -2.11. The molecular formula is C25H18FNO6. The van der Waals surface area contributed by atoms with Gasteiger partial charge in [0.15, 0.2) is 17.2 Å². The number of carbonyl (C=O) groups is 2. The lowest BCUT2D eigenvalue weighted by atomic mass is 10.1. The maximum atomic E-state index is 13.1. The van der Waals surface area contributed by atoms with Crippen molar-refractivity contribution in [1.29, 1.82) is 0 Å². The molecule has 8 heteroatoms. The first-order valence-corrected chi connectivity index (χ1v) is 9.80. The maximum absolute atomic E-state index is 13.1. The number of cyclic esters (lactones) is 1. The van der Waals surface area contributed by atoms with Crippen LogP contribution in [0.3, 0.4) is 0 Å². The van der Waals surface area contributed by atoms with Crippen molar-refractivity contribution in [3.63, 3.8) is 0 Å². The summed E-state index contributed by atoms with van der Waals surface area (Å²) in [6.45, 7) is 0. The van der Waals surface area contributed by atoms with Gasteiger partial charge in [0.1, 0.15) is 17.1 Å². The van der Waals surface area contributed by atoms with Gasteiger partial charge in [-0.15, -0.1) is 0 Å². The molecule has 3 aromatic rings. The van der Waals surface area contributed by atoms with Crippen molar-refractivity contribution in [3.05, 3.63) is 94.9 Å². The number of nitrogens with zero attached hydrogens (tertiary/aromatic N) is 1. The highest BCUT2D eigenvalue weighted by molar-refractivity contribution is 6.12. The molecule has 0 amide bonds. The molecule has 0 saturated heterocycles. The van der Waals surface area contributed by atoms with Gasteiger partial charge in [-0.05, 0) is 60.2 Å². The van der Waals surface area contributed by atoms with Crippen molar-refractivity contribution in [2.24, 2.45) is 4.99 Å². The Morgan fingerprint density at radius 2 is 1.67 bits per heavy atom. The van der Waals surface area contributed by atoms with E-state index in [9.17, 15) is 14.0 Å². The minimum Gasteiger partial charge on any atom is -0.496 e. The van der Waals surface area contributed by atoms with Crippen molar-refractivity contribution in [2.45, 2.75) is 0 Å². The molecule has 0 aliphatic carbocycles. The second kappa shape index (κ2) is 9.35. The Bertz CT molecular complexity index is 1280. The number of hydrogen-bond acceptors (Lipinski definition) is 7. The van der Waals surface area contributed by atoms with E-state index in [1.165, 1.54) is 44.6 Å². The fourth-order valence-corrected chi connectivity index (χ4v) is 3.11. The average Bonchev–Trinajstić information content (AvgIpc) is 3.20. The Morgan fingerprint density at radius 3 is 2.39 bits per heavy atom. The van der Waals surface area contributed by atoms with Crippen molar-refractivity contribution < 1.29 is 32.9 Å². The summed E-state index contributed by atoms with van der Waals surface area (Å²) in [5.41, 5.74) is 1.38. The van der Waals surface area contributed by atoms with E-state index in [0.29, 0.717) is 16.9 Å². The normalized spacial score (nSPS) is 14.0. The number of hydrogen-bond donors (Lipinski definition) is 0. The Balaban J connectivity index is 1.58. The van der Waals surface area contributed by atoms with Crippen molar-refractivity contribution in [1.82, 2.24) is 0 Å². The summed E-state index contributed by atoms with van der Waals surface area (Å²) in [7, 11) is 2.90. The summed E-state index contributed by atoms with van der Waals surface area (Å²) in [6, 6.07) is 16.9. The van der Waals surface area contributed by atoms with Gasteiger partial charge in [0.25, 0.3) is 0 Å². The highest BCUT2D eigenvalue weighted by Crippen LogP contribution is 2.31. The third kappa shape index (κ3) is 4.74. The fraction of sp³-hybridized carbons (Fsp3) is 0.0800. The molecule has 1 aliphatic heterocycles. The Morgan fingerprint density at radius 1 is 0.939 bits per heavy atom. The SMILES string of the molecule is COc1cc(/C=C2/N=C(c3ccc(F)cc3)OC2=O)ccc1OC(=O)c1ccccc1OC. The molecule has 33 heavy (non-hydrogen) atoms. The van der Waals surface area contributed by atoms with Crippen molar-refractivity contribution in [3.8, 4) is 17.2 Å². The number of aliphatic imine (C=N–C) groups is 1. The van der Waals surface area contributed by atoms with E-state index in [4.69, 9.17) is 18.9 Å². The molecule has 0 radical (unpaired) electrons. The number of carbonyl (C=O) groups excluding carboxylic acids is 2. The Labute approximate surface area is 188 Å². The van der Waals surface area contributed by atoms with Crippen LogP contribution in [0.5, 0.6) is 17.2 Å². The van der Waals surface area contributed by atoms with Gasteiger partial charge in [-0.1, -0.05) is 18.2 Å². The molecule has 166 valence electrons. The lowest BCUT2D eigenvalue weighted by molar-refractivity contribution is -0.129. The van der Waals surface area contributed by atoms with Crippen LogP contribution < -0.4 is 14.2 Å². The number of ether oxygens (including phenoxy) is 4. The van der Waals surface area contributed by atoms with E-state index in [0.717, 1.165) is 0 Å². The van der Waals surface area contributed by atoms with Crippen LogP contribution in [0.25, 0.3) is 6.08 Å². The van der Waals surface area contributed by atoms with Gasteiger partial charge in [0.05, 0.1) is 14.2 Å². The van der Waals surface area contributed by atoms with Crippen LogP contribution in [0.1, 0.15) is 21.5 Å². The molecule has 0 spiro atoms. The lowest BCUT2D eigenvalue weighted by Crippen LogP contribution is -2.10. The van der Waals surface area contributed by atoms with Crippen LogP contribution >= 0.6 is 0 Å². The fourth-order valence-electron chi connectivity index (χ4n) is 3.11. The maximum Gasteiger partial charge on any atom is 0.363 e.